The fourth-order valence-corrected chi connectivity index (χ4v) is 2.27. The number of benzene rings is 1. The predicted octanol–water partition coefficient (Wildman–Crippen LogP) is 2.86. The van der Waals surface area contributed by atoms with E-state index in [-0.39, 0.29) is 12.1 Å². The fourth-order valence-electron chi connectivity index (χ4n) is 2.27. The fraction of sp³-hybridized carbons (Fsp3) is 0.533. The number of hydrogen-bond donors (Lipinski definition) is 2. The van der Waals surface area contributed by atoms with Gasteiger partial charge in [-0.25, -0.2) is 4.79 Å². The Labute approximate surface area is 114 Å². The molecule has 1 unspecified atom stereocenters. The van der Waals surface area contributed by atoms with Gasteiger partial charge in [-0.05, 0) is 51.3 Å². The number of hydrogen-bond acceptors (Lipinski definition) is 3. The molecule has 1 aromatic rings. The number of rotatable bonds is 1. The van der Waals surface area contributed by atoms with Gasteiger partial charge in [0.1, 0.15) is 5.60 Å². The first kappa shape index (κ1) is 13.7. The lowest BCUT2D eigenvalue weighted by molar-refractivity contribution is 0.0506. The average Bonchev–Trinajstić information content (AvgIpc) is 2.27. The molecular formula is C15H22N2O2. The highest BCUT2D eigenvalue weighted by molar-refractivity contribution is 5.69. The SMILES string of the molecule is Cc1cccc2c1CC(NC(=O)OC(C)(C)C)CN2. The van der Waals surface area contributed by atoms with Gasteiger partial charge in [-0.2, -0.15) is 0 Å². The lowest BCUT2D eigenvalue weighted by atomic mass is 9.95. The molecule has 1 heterocycles. The summed E-state index contributed by atoms with van der Waals surface area (Å²) in [6, 6.07) is 6.29. The molecule has 2 N–H and O–H groups in total. The molecule has 1 atom stereocenters. The van der Waals surface area contributed by atoms with E-state index in [0.717, 1.165) is 13.0 Å². The van der Waals surface area contributed by atoms with E-state index in [1.54, 1.807) is 0 Å². The quantitative estimate of drug-likeness (QED) is 0.818. The van der Waals surface area contributed by atoms with Crippen molar-refractivity contribution in [3.8, 4) is 0 Å². The topological polar surface area (TPSA) is 50.4 Å². The van der Waals surface area contributed by atoms with Crippen LogP contribution in [0.2, 0.25) is 0 Å². The molecule has 19 heavy (non-hydrogen) atoms. The number of fused-ring (bicyclic) bond motifs is 1. The maximum atomic E-state index is 11.8. The van der Waals surface area contributed by atoms with E-state index >= 15 is 0 Å². The number of aryl methyl sites for hydroxylation is 1. The molecule has 104 valence electrons. The summed E-state index contributed by atoms with van der Waals surface area (Å²) >= 11 is 0. The Morgan fingerprint density at radius 2 is 2.16 bits per heavy atom. The molecule has 0 radical (unpaired) electrons. The van der Waals surface area contributed by atoms with E-state index in [9.17, 15) is 4.79 Å². The minimum Gasteiger partial charge on any atom is -0.444 e. The minimum absolute atomic E-state index is 0.0726. The van der Waals surface area contributed by atoms with Crippen LogP contribution in [0.3, 0.4) is 0 Å². The second kappa shape index (κ2) is 5.11. The molecule has 0 bridgehead atoms. The molecule has 2 rings (SSSR count). The van der Waals surface area contributed by atoms with Gasteiger partial charge in [0, 0.05) is 12.2 Å². The van der Waals surface area contributed by atoms with Crippen LogP contribution < -0.4 is 10.6 Å². The summed E-state index contributed by atoms with van der Waals surface area (Å²) in [5.41, 5.74) is 3.23. The Morgan fingerprint density at radius 1 is 1.42 bits per heavy atom. The highest BCUT2D eigenvalue weighted by Crippen LogP contribution is 2.24. The Balaban J connectivity index is 1.99. The van der Waals surface area contributed by atoms with Crippen molar-refractivity contribution < 1.29 is 9.53 Å². The first-order valence-corrected chi connectivity index (χ1v) is 6.67. The van der Waals surface area contributed by atoms with Crippen molar-refractivity contribution >= 4 is 11.8 Å². The van der Waals surface area contributed by atoms with Crippen molar-refractivity contribution in [2.24, 2.45) is 0 Å². The Morgan fingerprint density at radius 3 is 2.84 bits per heavy atom. The second-order valence-electron chi connectivity index (χ2n) is 6.03. The molecule has 1 amide bonds. The van der Waals surface area contributed by atoms with Gasteiger partial charge in [0.05, 0.1) is 6.04 Å². The van der Waals surface area contributed by atoms with Gasteiger partial charge in [-0.3, -0.25) is 0 Å². The zero-order valence-corrected chi connectivity index (χ0v) is 12.0. The zero-order chi connectivity index (χ0) is 14.0. The van der Waals surface area contributed by atoms with Crippen molar-refractivity contribution in [2.45, 2.75) is 45.8 Å². The molecule has 0 aliphatic carbocycles. The predicted molar refractivity (Wildman–Crippen MR) is 76.5 cm³/mol. The molecule has 1 aliphatic rings. The van der Waals surface area contributed by atoms with E-state index < -0.39 is 5.60 Å². The van der Waals surface area contributed by atoms with E-state index in [2.05, 4.69) is 29.7 Å². The van der Waals surface area contributed by atoms with Crippen molar-refractivity contribution in [2.75, 3.05) is 11.9 Å². The van der Waals surface area contributed by atoms with E-state index in [1.165, 1.54) is 16.8 Å². The lowest BCUT2D eigenvalue weighted by Gasteiger charge is -2.29. The lowest BCUT2D eigenvalue weighted by Crippen LogP contribution is -2.45. The highest BCUT2D eigenvalue weighted by Gasteiger charge is 2.23. The average molecular weight is 262 g/mol. The molecule has 1 aliphatic heterocycles. The number of anilines is 1. The second-order valence-corrected chi connectivity index (χ2v) is 6.03. The monoisotopic (exact) mass is 262 g/mol. The van der Waals surface area contributed by atoms with Crippen molar-refractivity contribution in [3.05, 3.63) is 29.3 Å². The Bertz CT molecular complexity index is 478. The van der Waals surface area contributed by atoms with Crippen LogP contribution in [0.5, 0.6) is 0 Å². The number of amides is 1. The van der Waals surface area contributed by atoms with E-state index in [4.69, 9.17) is 4.74 Å². The van der Waals surface area contributed by atoms with Gasteiger partial charge < -0.3 is 15.4 Å². The van der Waals surface area contributed by atoms with Gasteiger partial charge >= 0.3 is 6.09 Å². The molecule has 4 heteroatoms. The number of nitrogens with one attached hydrogen (secondary N) is 2. The first-order chi connectivity index (χ1) is 8.85. The van der Waals surface area contributed by atoms with Gasteiger partial charge in [-0.15, -0.1) is 0 Å². The summed E-state index contributed by atoms with van der Waals surface area (Å²) in [6.07, 6.45) is 0.491. The summed E-state index contributed by atoms with van der Waals surface area (Å²) in [6.45, 7) is 8.42. The molecule has 1 aromatic carbocycles. The van der Waals surface area contributed by atoms with Gasteiger partial charge in [0.2, 0.25) is 0 Å². The third-order valence-electron chi connectivity index (χ3n) is 3.12. The van der Waals surface area contributed by atoms with Gasteiger partial charge in [-0.1, -0.05) is 12.1 Å². The molecule has 0 fully saturated rings. The highest BCUT2D eigenvalue weighted by atomic mass is 16.6. The van der Waals surface area contributed by atoms with Crippen LogP contribution in [-0.4, -0.2) is 24.3 Å². The molecule has 0 saturated carbocycles. The van der Waals surface area contributed by atoms with Crippen molar-refractivity contribution in [1.29, 1.82) is 0 Å². The number of carbonyl (C=O) groups excluding carboxylic acids is 1. The molecule has 4 nitrogen and oxygen atoms in total. The minimum atomic E-state index is -0.458. The van der Waals surface area contributed by atoms with Gasteiger partial charge in [0.15, 0.2) is 0 Å². The molecule has 0 spiro atoms. The van der Waals surface area contributed by atoms with E-state index in [1.807, 2.05) is 26.8 Å². The molecule has 0 saturated heterocycles. The van der Waals surface area contributed by atoms with E-state index in [0.29, 0.717) is 0 Å². The first-order valence-electron chi connectivity index (χ1n) is 6.67. The van der Waals surface area contributed by atoms with Crippen LogP contribution in [0.1, 0.15) is 31.9 Å². The van der Waals surface area contributed by atoms with Crippen LogP contribution in [0.4, 0.5) is 10.5 Å². The maximum absolute atomic E-state index is 11.8. The van der Waals surface area contributed by atoms with Crippen LogP contribution >= 0.6 is 0 Å². The number of carbonyl (C=O) groups is 1. The largest absolute Gasteiger partial charge is 0.444 e. The third kappa shape index (κ3) is 3.63. The summed E-state index contributed by atoms with van der Waals surface area (Å²) < 4.78 is 5.28. The standard InChI is InChI=1S/C15H22N2O2/c1-10-6-5-7-13-12(10)8-11(9-16-13)17-14(18)19-15(2,3)4/h5-7,11,16H,8-9H2,1-4H3,(H,17,18). The third-order valence-corrected chi connectivity index (χ3v) is 3.12. The summed E-state index contributed by atoms with van der Waals surface area (Å²) in [5, 5.41) is 6.27. The van der Waals surface area contributed by atoms with Crippen molar-refractivity contribution in [1.82, 2.24) is 5.32 Å². The van der Waals surface area contributed by atoms with Crippen LogP contribution in [0.25, 0.3) is 0 Å². The number of alkyl carbamates (subject to hydrolysis) is 1. The number of ether oxygens (including phenoxy) is 1. The Kier molecular flexibility index (Phi) is 3.69. The van der Waals surface area contributed by atoms with Crippen LogP contribution in [0, 0.1) is 6.92 Å². The normalized spacial score (nSPS) is 18.2. The smallest absolute Gasteiger partial charge is 0.407 e. The molecular weight excluding hydrogens is 240 g/mol. The zero-order valence-electron chi connectivity index (χ0n) is 12.0. The van der Waals surface area contributed by atoms with Gasteiger partial charge in [0.25, 0.3) is 0 Å². The molecule has 0 aromatic heterocycles. The summed E-state index contributed by atoms with van der Waals surface area (Å²) in [7, 11) is 0. The van der Waals surface area contributed by atoms with Crippen LogP contribution in [0.15, 0.2) is 18.2 Å². The Hall–Kier alpha value is -1.71. The van der Waals surface area contributed by atoms with Crippen molar-refractivity contribution in [3.63, 3.8) is 0 Å². The summed E-state index contributed by atoms with van der Waals surface area (Å²) in [4.78, 5) is 11.8. The van der Waals surface area contributed by atoms with Crippen LogP contribution in [-0.2, 0) is 11.2 Å². The summed E-state index contributed by atoms with van der Waals surface area (Å²) in [5.74, 6) is 0. The maximum Gasteiger partial charge on any atom is 0.407 e.